The first-order valence-corrected chi connectivity index (χ1v) is 10.1. The molecule has 10 heteroatoms. The molecule has 3 aliphatic rings. The molecule has 31 heavy (non-hydrogen) atoms. The van der Waals surface area contributed by atoms with Crippen molar-refractivity contribution in [2.75, 3.05) is 19.3 Å². The maximum absolute atomic E-state index is 12.8. The largest absolute Gasteiger partial charge is 0.504 e. The summed E-state index contributed by atoms with van der Waals surface area (Å²) in [5.41, 5.74) is 1.75. The van der Waals surface area contributed by atoms with E-state index in [-0.39, 0.29) is 19.3 Å². The number of rotatable bonds is 3. The van der Waals surface area contributed by atoms with E-state index in [4.69, 9.17) is 25.8 Å². The van der Waals surface area contributed by atoms with Crippen LogP contribution < -0.4 is 14.8 Å². The van der Waals surface area contributed by atoms with Gasteiger partial charge in [0.15, 0.2) is 28.7 Å². The Bertz CT molecular complexity index is 1080. The number of hydrogen-bond acceptors (Lipinski definition) is 8. The van der Waals surface area contributed by atoms with E-state index in [9.17, 15) is 24.9 Å². The summed E-state index contributed by atoms with van der Waals surface area (Å²) < 4.78 is 16.4. The number of hydrogen-bond donors (Lipinski definition) is 4. The molecule has 9 nitrogen and oxygen atoms in total. The highest BCUT2D eigenvalue weighted by atomic mass is 35.5. The second-order valence-electron chi connectivity index (χ2n) is 7.72. The van der Waals surface area contributed by atoms with Crippen LogP contribution >= 0.6 is 11.6 Å². The predicted octanol–water partition coefficient (Wildman–Crippen LogP) is 1.86. The van der Waals surface area contributed by atoms with Gasteiger partial charge in [-0.05, 0) is 41.0 Å². The van der Waals surface area contributed by atoms with Gasteiger partial charge in [-0.1, -0.05) is 0 Å². The van der Waals surface area contributed by atoms with Crippen molar-refractivity contribution in [3.63, 3.8) is 0 Å². The molecule has 2 aromatic rings. The van der Waals surface area contributed by atoms with Crippen LogP contribution in [0.2, 0.25) is 0 Å². The predicted molar refractivity (Wildman–Crippen MR) is 105 cm³/mol. The number of phenols is 3. The van der Waals surface area contributed by atoms with E-state index in [2.05, 4.69) is 5.32 Å². The van der Waals surface area contributed by atoms with E-state index in [0.29, 0.717) is 28.2 Å². The molecule has 4 unspecified atom stereocenters. The summed E-state index contributed by atoms with van der Waals surface area (Å²) in [6.07, 6.45) is 0. The van der Waals surface area contributed by atoms with Crippen LogP contribution in [-0.2, 0) is 14.3 Å². The average Bonchev–Trinajstić information content (AvgIpc) is 3.36. The molecule has 1 aliphatic carbocycles. The van der Waals surface area contributed by atoms with E-state index in [0.717, 1.165) is 0 Å². The lowest BCUT2D eigenvalue weighted by Crippen LogP contribution is -2.43. The molecule has 0 spiro atoms. The number of amides is 1. The second kappa shape index (κ2) is 7.12. The Morgan fingerprint density at radius 3 is 2.32 bits per heavy atom. The molecule has 4 N–H and O–H groups in total. The number of fused-ring (bicyclic) bond motifs is 3. The SMILES string of the molecule is O=C(CCl)NC1c2cc3c(cc2C(c2cc(O)c(O)c(O)c2)C2C(=O)OCC12)OCO3. The van der Waals surface area contributed by atoms with Crippen molar-refractivity contribution in [1.82, 2.24) is 5.32 Å². The zero-order valence-corrected chi connectivity index (χ0v) is 16.8. The number of cyclic esters (lactones) is 1. The van der Waals surface area contributed by atoms with Gasteiger partial charge in [0.25, 0.3) is 0 Å². The zero-order valence-electron chi connectivity index (χ0n) is 16.0. The highest BCUT2D eigenvalue weighted by molar-refractivity contribution is 6.27. The summed E-state index contributed by atoms with van der Waals surface area (Å²) >= 11 is 5.70. The number of alkyl halides is 1. The maximum Gasteiger partial charge on any atom is 0.310 e. The summed E-state index contributed by atoms with van der Waals surface area (Å²) in [7, 11) is 0. The Morgan fingerprint density at radius 2 is 1.68 bits per heavy atom. The quantitative estimate of drug-likeness (QED) is 0.318. The van der Waals surface area contributed by atoms with Crippen LogP contribution in [0.15, 0.2) is 24.3 Å². The van der Waals surface area contributed by atoms with Crippen molar-refractivity contribution in [3.05, 3.63) is 41.0 Å². The van der Waals surface area contributed by atoms with Gasteiger partial charge in [-0.15, -0.1) is 11.6 Å². The van der Waals surface area contributed by atoms with E-state index >= 15 is 0 Å². The van der Waals surface area contributed by atoms with Gasteiger partial charge >= 0.3 is 5.97 Å². The third kappa shape index (κ3) is 2.99. The van der Waals surface area contributed by atoms with Crippen molar-refractivity contribution in [3.8, 4) is 28.7 Å². The summed E-state index contributed by atoms with van der Waals surface area (Å²) in [6, 6.07) is 5.51. The molecule has 4 atom stereocenters. The molecule has 1 amide bonds. The lowest BCUT2D eigenvalue weighted by atomic mass is 9.65. The molecule has 2 aliphatic heterocycles. The van der Waals surface area contributed by atoms with Crippen LogP contribution in [0.25, 0.3) is 0 Å². The maximum atomic E-state index is 12.8. The van der Waals surface area contributed by atoms with Gasteiger partial charge in [0, 0.05) is 11.8 Å². The van der Waals surface area contributed by atoms with E-state index in [1.807, 2.05) is 0 Å². The Hall–Kier alpha value is -3.33. The first-order valence-electron chi connectivity index (χ1n) is 9.59. The number of benzene rings is 2. The topological polar surface area (TPSA) is 135 Å². The van der Waals surface area contributed by atoms with Gasteiger partial charge in [-0.3, -0.25) is 9.59 Å². The molecule has 2 aromatic carbocycles. The lowest BCUT2D eigenvalue weighted by molar-refractivity contribution is -0.141. The molecule has 0 radical (unpaired) electrons. The molecule has 162 valence electrons. The number of carbonyl (C=O) groups excluding carboxylic acids is 2. The Morgan fingerprint density at radius 1 is 1.03 bits per heavy atom. The van der Waals surface area contributed by atoms with E-state index in [1.165, 1.54) is 12.1 Å². The van der Waals surface area contributed by atoms with E-state index in [1.54, 1.807) is 12.1 Å². The van der Waals surface area contributed by atoms with Gasteiger partial charge in [0.2, 0.25) is 12.7 Å². The smallest absolute Gasteiger partial charge is 0.310 e. The molecule has 0 bridgehead atoms. The molecule has 5 rings (SSSR count). The zero-order chi connectivity index (χ0) is 21.9. The molecule has 0 aromatic heterocycles. The number of phenolic OH excluding ortho intramolecular Hbond substituents is 3. The summed E-state index contributed by atoms with van der Waals surface area (Å²) in [4.78, 5) is 24.9. The first-order chi connectivity index (χ1) is 14.9. The van der Waals surface area contributed by atoms with Crippen LogP contribution in [-0.4, -0.2) is 46.5 Å². The fourth-order valence-corrected chi connectivity index (χ4v) is 4.84. The number of aromatic hydroxyl groups is 3. The first kappa shape index (κ1) is 19.6. The Labute approximate surface area is 181 Å². The van der Waals surface area contributed by atoms with Crippen LogP contribution in [0.5, 0.6) is 28.7 Å². The average molecular weight is 448 g/mol. The summed E-state index contributed by atoms with van der Waals surface area (Å²) in [5.74, 6) is -3.57. The van der Waals surface area contributed by atoms with Crippen LogP contribution in [0, 0.1) is 11.8 Å². The summed E-state index contributed by atoms with van der Waals surface area (Å²) in [5, 5.41) is 32.8. The minimum absolute atomic E-state index is 0.0390. The van der Waals surface area contributed by atoms with Crippen LogP contribution in [0.4, 0.5) is 0 Å². The highest BCUT2D eigenvalue weighted by Gasteiger charge is 2.53. The molecule has 1 saturated heterocycles. The third-order valence-corrected chi connectivity index (χ3v) is 6.32. The summed E-state index contributed by atoms with van der Waals surface area (Å²) in [6.45, 7) is 0.119. The standard InChI is InChI=1S/C21H18ClNO8/c22-5-16(26)23-19-10-4-15-14(30-7-31-15)3-9(10)17(18-11(19)6-29-21(18)28)8-1-12(24)20(27)13(25)2-8/h1-4,11,17-19,24-25,27H,5-7H2,(H,23,26). The highest BCUT2D eigenvalue weighted by Crippen LogP contribution is 2.55. The molecular formula is C21H18ClNO8. The monoisotopic (exact) mass is 447 g/mol. The Kier molecular flexibility index (Phi) is 4.51. The fourth-order valence-electron chi connectivity index (χ4n) is 4.76. The third-order valence-electron chi connectivity index (χ3n) is 6.08. The van der Waals surface area contributed by atoms with Gasteiger partial charge in [0.05, 0.1) is 18.6 Å². The van der Waals surface area contributed by atoms with Crippen molar-refractivity contribution in [2.45, 2.75) is 12.0 Å². The van der Waals surface area contributed by atoms with Gasteiger partial charge in [-0.2, -0.15) is 0 Å². The number of carbonyl (C=O) groups is 2. The molecular weight excluding hydrogens is 430 g/mol. The van der Waals surface area contributed by atoms with Gasteiger partial charge < -0.3 is 34.8 Å². The number of nitrogens with one attached hydrogen (secondary N) is 1. The lowest BCUT2D eigenvalue weighted by Gasteiger charge is -2.39. The normalized spacial score (nSPS) is 25.5. The van der Waals surface area contributed by atoms with Crippen LogP contribution in [0.3, 0.4) is 0 Å². The van der Waals surface area contributed by atoms with Gasteiger partial charge in [0.1, 0.15) is 5.88 Å². The molecule has 2 heterocycles. The number of esters is 1. The second-order valence-corrected chi connectivity index (χ2v) is 7.99. The minimum atomic E-state index is -0.711. The van der Waals surface area contributed by atoms with Gasteiger partial charge in [-0.25, -0.2) is 0 Å². The van der Waals surface area contributed by atoms with Crippen molar-refractivity contribution in [1.29, 1.82) is 0 Å². The number of ether oxygens (including phenoxy) is 3. The van der Waals surface area contributed by atoms with E-state index < -0.39 is 52.9 Å². The van der Waals surface area contributed by atoms with Crippen LogP contribution in [0.1, 0.15) is 28.7 Å². The van der Waals surface area contributed by atoms with Crippen molar-refractivity contribution >= 4 is 23.5 Å². The fraction of sp³-hybridized carbons (Fsp3) is 0.333. The molecule has 1 fully saturated rings. The number of halogens is 1. The Balaban J connectivity index is 1.73. The minimum Gasteiger partial charge on any atom is -0.504 e. The molecule has 0 saturated carbocycles. The van der Waals surface area contributed by atoms with Crippen molar-refractivity contribution < 1.29 is 39.1 Å². The van der Waals surface area contributed by atoms with Crippen molar-refractivity contribution in [2.24, 2.45) is 11.8 Å².